The van der Waals surface area contributed by atoms with Crippen LogP contribution in [-0.4, -0.2) is 30.4 Å². The number of alkyl halides is 3. The monoisotopic (exact) mass is 382 g/mol. The third-order valence-electron chi connectivity index (χ3n) is 3.95. The van der Waals surface area contributed by atoms with Crippen LogP contribution in [0.3, 0.4) is 0 Å². The molecule has 2 rings (SSSR count). The highest BCUT2D eigenvalue weighted by atomic mass is 19.4. The quantitative estimate of drug-likeness (QED) is 0.768. The van der Waals surface area contributed by atoms with Gasteiger partial charge in [-0.2, -0.15) is 13.2 Å². The van der Waals surface area contributed by atoms with Crippen molar-refractivity contribution in [3.8, 4) is 5.75 Å². The van der Waals surface area contributed by atoms with E-state index < -0.39 is 23.9 Å². The number of aliphatic hydroxyl groups excluding tert-OH is 1. The Morgan fingerprint density at radius 1 is 1.19 bits per heavy atom. The maximum atomic E-state index is 12.5. The molecule has 146 valence electrons. The summed E-state index contributed by atoms with van der Waals surface area (Å²) in [5.41, 5.74) is 6.14. The molecule has 0 fully saturated rings. The van der Waals surface area contributed by atoms with Crippen LogP contribution in [0.15, 0.2) is 48.5 Å². The third-order valence-corrected chi connectivity index (χ3v) is 3.95. The van der Waals surface area contributed by atoms with E-state index in [1.807, 2.05) is 19.1 Å². The minimum atomic E-state index is -4.42. The first-order valence-corrected chi connectivity index (χ1v) is 8.35. The number of aliphatic hydroxyl groups is 1. The molecule has 5 nitrogen and oxygen atoms in total. The van der Waals surface area contributed by atoms with Crippen molar-refractivity contribution in [2.75, 3.05) is 18.1 Å². The van der Waals surface area contributed by atoms with E-state index in [2.05, 4.69) is 0 Å². The Kier molecular flexibility index (Phi) is 6.68. The summed E-state index contributed by atoms with van der Waals surface area (Å²) in [4.78, 5) is 13.0. The fourth-order valence-electron chi connectivity index (χ4n) is 2.58. The molecule has 0 aliphatic heterocycles. The van der Waals surface area contributed by atoms with E-state index in [1.54, 1.807) is 12.1 Å². The molecular formula is C19H21F3N2O3. The molecule has 0 radical (unpaired) electrons. The van der Waals surface area contributed by atoms with Gasteiger partial charge in [0.25, 0.3) is 0 Å². The lowest BCUT2D eigenvalue weighted by molar-refractivity contribution is -0.137. The first-order valence-electron chi connectivity index (χ1n) is 8.35. The number of rotatable bonds is 7. The number of ether oxygens (including phenoxy) is 1. The highest BCUT2D eigenvalue weighted by Crippen LogP contribution is 2.30. The molecule has 3 N–H and O–H groups in total. The van der Waals surface area contributed by atoms with E-state index in [-0.39, 0.29) is 18.9 Å². The van der Waals surface area contributed by atoms with Crippen molar-refractivity contribution in [1.82, 2.24) is 0 Å². The summed E-state index contributed by atoms with van der Waals surface area (Å²) in [6.07, 6.45) is -4.82. The summed E-state index contributed by atoms with van der Waals surface area (Å²) in [6.45, 7) is 1.62. The average molecular weight is 382 g/mol. The van der Waals surface area contributed by atoms with Gasteiger partial charge in [-0.3, -0.25) is 4.90 Å². The summed E-state index contributed by atoms with van der Waals surface area (Å²) < 4.78 is 42.9. The lowest BCUT2D eigenvalue weighted by Crippen LogP contribution is -2.43. The molecule has 1 atom stereocenters. The number of nitrogens with zero attached hydrogens (tertiary/aromatic N) is 1. The van der Waals surface area contributed by atoms with Gasteiger partial charge in [-0.05, 0) is 42.3 Å². The topological polar surface area (TPSA) is 75.8 Å². The molecule has 2 aromatic rings. The fourth-order valence-corrected chi connectivity index (χ4v) is 2.58. The van der Waals surface area contributed by atoms with Crippen LogP contribution in [0, 0.1) is 0 Å². The number of carbonyl (C=O) groups is 1. The average Bonchev–Trinajstić information content (AvgIpc) is 2.64. The van der Waals surface area contributed by atoms with Gasteiger partial charge < -0.3 is 15.6 Å². The number of para-hydroxylation sites is 1. The van der Waals surface area contributed by atoms with Crippen molar-refractivity contribution in [3.63, 3.8) is 0 Å². The zero-order valence-electron chi connectivity index (χ0n) is 14.7. The van der Waals surface area contributed by atoms with Crippen molar-refractivity contribution in [1.29, 1.82) is 0 Å². The second kappa shape index (κ2) is 8.77. The van der Waals surface area contributed by atoms with Crippen molar-refractivity contribution in [2.45, 2.75) is 25.6 Å². The first-order chi connectivity index (χ1) is 12.7. The van der Waals surface area contributed by atoms with Gasteiger partial charge in [-0.1, -0.05) is 25.1 Å². The number of benzene rings is 2. The van der Waals surface area contributed by atoms with Gasteiger partial charge >= 0.3 is 12.2 Å². The summed E-state index contributed by atoms with van der Waals surface area (Å²) in [5.74, 6) is 0.182. The van der Waals surface area contributed by atoms with Gasteiger partial charge in [0, 0.05) is 5.69 Å². The van der Waals surface area contributed by atoms with Gasteiger partial charge in [0.15, 0.2) is 0 Å². The van der Waals surface area contributed by atoms with E-state index in [0.29, 0.717) is 12.1 Å². The van der Waals surface area contributed by atoms with Crippen LogP contribution in [0.25, 0.3) is 0 Å². The minimum Gasteiger partial charge on any atom is -0.491 e. The predicted octanol–water partition coefficient (Wildman–Crippen LogP) is 3.59. The number of anilines is 1. The zero-order valence-corrected chi connectivity index (χ0v) is 14.7. The Morgan fingerprint density at radius 2 is 1.81 bits per heavy atom. The number of urea groups is 1. The zero-order chi connectivity index (χ0) is 20.0. The maximum absolute atomic E-state index is 12.5. The van der Waals surface area contributed by atoms with E-state index in [0.717, 1.165) is 17.7 Å². The van der Waals surface area contributed by atoms with E-state index in [9.17, 15) is 23.1 Å². The van der Waals surface area contributed by atoms with Crippen molar-refractivity contribution < 1.29 is 27.8 Å². The molecule has 0 heterocycles. The maximum Gasteiger partial charge on any atom is 0.416 e. The molecule has 0 saturated carbocycles. The largest absolute Gasteiger partial charge is 0.491 e. The van der Waals surface area contributed by atoms with Crippen molar-refractivity contribution in [2.24, 2.45) is 5.73 Å². The standard InChI is InChI=1S/C19H21F3N2O3/c1-2-13-5-3-4-6-17(13)24(18(23)26)11-15(25)12-27-16-9-7-14(8-10-16)19(20,21)22/h3-10,15,25H,2,11-12H2,1H3,(H2,23,26). The van der Waals surface area contributed by atoms with E-state index in [4.69, 9.17) is 10.5 Å². The predicted molar refractivity (Wildman–Crippen MR) is 95.7 cm³/mol. The molecule has 8 heteroatoms. The van der Waals surface area contributed by atoms with Crippen LogP contribution in [0.4, 0.5) is 23.7 Å². The second-order valence-corrected chi connectivity index (χ2v) is 5.92. The molecule has 2 amide bonds. The molecule has 0 aliphatic rings. The van der Waals surface area contributed by atoms with Gasteiger partial charge in [-0.15, -0.1) is 0 Å². The molecule has 0 saturated heterocycles. The summed E-state index contributed by atoms with van der Waals surface area (Å²) >= 11 is 0. The van der Waals surface area contributed by atoms with Crippen LogP contribution in [0.1, 0.15) is 18.1 Å². The molecule has 27 heavy (non-hydrogen) atoms. The molecular weight excluding hydrogens is 361 g/mol. The lowest BCUT2D eigenvalue weighted by atomic mass is 10.1. The van der Waals surface area contributed by atoms with Crippen LogP contribution in [0.5, 0.6) is 5.75 Å². The third kappa shape index (κ3) is 5.62. The molecule has 0 aliphatic carbocycles. The molecule has 0 spiro atoms. The normalized spacial score (nSPS) is 12.5. The Bertz CT molecular complexity index is 764. The highest BCUT2D eigenvalue weighted by molar-refractivity contribution is 5.91. The van der Waals surface area contributed by atoms with Crippen LogP contribution < -0.4 is 15.4 Å². The van der Waals surface area contributed by atoms with Gasteiger partial charge in [0.1, 0.15) is 18.5 Å². The van der Waals surface area contributed by atoms with Crippen LogP contribution >= 0.6 is 0 Å². The SMILES string of the molecule is CCc1ccccc1N(CC(O)COc1ccc(C(F)(F)F)cc1)C(N)=O. The van der Waals surface area contributed by atoms with Crippen LogP contribution in [-0.2, 0) is 12.6 Å². The number of aryl methyl sites for hydroxylation is 1. The highest BCUT2D eigenvalue weighted by Gasteiger charge is 2.30. The lowest BCUT2D eigenvalue weighted by Gasteiger charge is -2.25. The Balaban J connectivity index is 2.00. The Morgan fingerprint density at radius 3 is 2.37 bits per heavy atom. The molecule has 0 bridgehead atoms. The van der Waals surface area contributed by atoms with Gasteiger partial charge in [0.05, 0.1) is 12.1 Å². The second-order valence-electron chi connectivity index (χ2n) is 5.92. The molecule has 2 aromatic carbocycles. The van der Waals surface area contributed by atoms with Crippen molar-refractivity contribution >= 4 is 11.7 Å². The minimum absolute atomic E-state index is 0.104. The van der Waals surface area contributed by atoms with Gasteiger partial charge in [-0.25, -0.2) is 4.79 Å². The van der Waals surface area contributed by atoms with E-state index in [1.165, 1.54) is 17.0 Å². The smallest absolute Gasteiger partial charge is 0.416 e. The summed E-state index contributed by atoms with van der Waals surface area (Å²) in [6, 6.07) is 10.6. The number of primary amides is 1. The van der Waals surface area contributed by atoms with Gasteiger partial charge in [0.2, 0.25) is 0 Å². The van der Waals surface area contributed by atoms with Crippen molar-refractivity contribution in [3.05, 3.63) is 59.7 Å². The first kappa shape index (κ1) is 20.6. The fraction of sp³-hybridized carbons (Fsp3) is 0.316. The summed E-state index contributed by atoms with van der Waals surface area (Å²) in [7, 11) is 0. The Hall–Kier alpha value is -2.74. The number of nitrogens with two attached hydrogens (primary N) is 1. The number of hydrogen-bond acceptors (Lipinski definition) is 3. The molecule has 0 aromatic heterocycles. The summed E-state index contributed by atoms with van der Waals surface area (Å²) in [5, 5.41) is 10.2. The van der Waals surface area contributed by atoms with E-state index >= 15 is 0 Å². The number of amides is 2. The number of hydrogen-bond donors (Lipinski definition) is 2. The number of carbonyl (C=O) groups excluding carboxylic acids is 1. The van der Waals surface area contributed by atoms with Crippen LogP contribution in [0.2, 0.25) is 0 Å². The Labute approximate surface area is 155 Å². The number of halogens is 3. The molecule has 1 unspecified atom stereocenters.